The number of benzene rings is 2. The highest BCUT2D eigenvalue weighted by Crippen LogP contribution is 2.21. The molecule has 9 nitrogen and oxygen atoms in total. The Morgan fingerprint density at radius 1 is 1.24 bits per heavy atom. The maximum atomic E-state index is 12.2. The lowest BCUT2D eigenvalue weighted by Crippen LogP contribution is -2.17. The van der Waals surface area contributed by atoms with E-state index in [9.17, 15) is 20.0 Å². The molecule has 0 aliphatic carbocycles. The number of nitrogens with zero attached hydrogens (tertiary/aromatic N) is 4. The molecule has 0 radical (unpaired) electrons. The minimum Gasteiger partial charge on any atom is -0.507 e. The van der Waals surface area contributed by atoms with Gasteiger partial charge in [0.2, 0.25) is 0 Å². The van der Waals surface area contributed by atoms with E-state index in [1.54, 1.807) is 12.1 Å². The van der Waals surface area contributed by atoms with Crippen molar-refractivity contribution in [2.75, 3.05) is 0 Å². The number of aryl methyl sites for hydroxylation is 2. The second-order valence-corrected chi connectivity index (χ2v) is 6.48. The number of phenolic OH excluding ortho intramolecular Hbond substituents is 1. The molecule has 0 atom stereocenters. The number of aromatic hydroxyl groups is 1. The van der Waals surface area contributed by atoms with Crippen molar-refractivity contribution in [1.29, 1.82) is 0 Å². The van der Waals surface area contributed by atoms with E-state index >= 15 is 0 Å². The van der Waals surface area contributed by atoms with Crippen molar-refractivity contribution in [3.05, 3.63) is 86.7 Å². The highest BCUT2D eigenvalue weighted by molar-refractivity contribution is 5.95. The second kappa shape index (κ2) is 8.34. The largest absolute Gasteiger partial charge is 0.507 e. The number of rotatable bonds is 6. The number of amides is 1. The van der Waals surface area contributed by atoms with Gasteiger partial charge in [0.15, 0.2) is 0 Å². The highest BCUT2D eigenvalue weighted by Gasteiger charge is 2.09. The van der Waals surface area contributed by atoms with E-state index < -0.39 is 10.8 Å². The molecule has 3 rings (SSSR count). The van der Waals surface area contributed by atoms with Crippen molar-refractivity contribution in [2.45, 2.75) is 20.4 Å². The van der Waals surface area contributed by atoms with Crippen LogP contribution in [-0.4, -0.2) is 31.9 Å². The van der Waals surface area contributed by atoms with Gasteiger partial charge in [-0.1, -0.05) is 12.1 Å². The van der Waals surface area contributed by atoms with Crippen LogP contribution in [-0.2, 0) is 6.54 Å². The molecule has 0 fully saturated rings. The zero-order valence-electron chi connectivity index (χ0n) is 15.9. The molecule has 0 bridgehead atoms. The minimum atomic E-state index is -0.580. The lowest BCUT2D eigenvalue weighted by molar-refractivity contribution is -0.384. The van der Waals surface area contributed by atoms with E-state index in [4.69, 9.17) is 0 Å². The standard InChI is InChI=1S/C20H19N5O4/c1-13-9-14(2)24(23-13)12-15-3-5-16(6-4-15)20(27)22-21-11-17-10-18(25(28)29)7-8-19(17)26/h3-11,26H,12H2,1-2H3,(H,22,27)/b21-11-. The maximum Gasteiger partial charge on any atom is 0.271 e. The summed E-state index contributed by atoms with van der Waals surface area (Å²) in [6.07, 6.45) is 1.15. The number of phenols is 1. The first-order valence-corrected chi connectivity index (χ1v) is 8.74. The van der Waals surface area contributed by atoms with Crippen LogP contribution >= 0.6 is 0 Å². The summed E-state index contributed by atoms with van der Waals surface area (Å²) in [7, 11) is 0. The number of hydrazone groups is 1. The summed E-state index contributed by atoms with van der Waals surface area (Å²) in [5, 5.41) is 28.7. The predicted octanol–water partition coefficient (Wildman–Crippen LogP) is 2.93. The van der Waals surface area contributed by atoms with E-state index in [1.807, 2.05) is 36.7 Å². The Labute approximate surface area is 166 Å². The number of nitro groups is 1. The molecule has 1 heterocycles. The molecule has 0 unspecified atom stereocenters. The Kier molecular flexibility index (Phi) is 5.68. The SMILES string of the molecule is Cc1cc(C)n(Cc2ccc(C(=O)N/N=C\c3cc([N+](=O)[O-])ccc3O)cc2)n1. The number of aromatic nitrogens is 2. The van der Waals surface area contributed by atoms with Crippen molar-refractivity contribution in [1.82, 2.24) is 15.2 Å². The van der Waals surface area contributed by atoms with Crippen molar-refractivity contribution in [3.63, 3.8) is 0 Å². The summed E-state index contributed by atoms with van der Waals surface area (Å²) in [5.41, 5.74) is 5.69. The molecule has 1 amide bonds. The van der Waals surface area contributed by atoms with Gasteiger partial charge < -0.3 is 5.11 Å². The van der Waals surface area contributed by atoms with Crippen LogP contribution in [0, 0.1) is 24.0 Å². The molecular weight excluding hydrogens is 374 g/mol. The first-order valence-electron chi connectivity index (χ1n) is 8.74. The fraction of sp³-hybridized carbons (Fsp3) is 0.150. The fourth-order valence-corrected chi connectivity index (χ4v) is 2.75. The zero-order valence-corrected chi connectivity index (χ0v) is 15.9. The van der Waals surface area contributed by atoms with E-state index in [1.165, 1.54) is 18.2 Å². The van der Waals surface area contributed by atoms with Crippen molar-refractivity contribution >= 4 is 17.8 Å². The summed E-state index contributed by atoms with van der Waals surface area (Å²) >= 11 is 0. The summed E-state index contributed by atoms with van der Waals surface area (Å²) in [6.45, 7) is 4.52. The first kappa shape index (κ1) is 19.7. The van der Waals surface area contributed by atoms with Crippen LogP contribution in [0.4, 0.5) is 5.69 Å². The lowest BCUT2D eigenvalue weighted by Gasteiger charge is -2.06. The van der Waals surface area contributed by atoms with Gasteiger partial charge in [-0.25, -0.2) is 5.43 Å². The average Bonchev–Trinajstić information content (AvgIpc) is 3.00. The first-order chi connectivity index (χ1) is 13.8. The molecule has 2 N–H and O–H groups in total. The van der Waals surface area contributed by atoms with Gasteiger partial charge in [0.05, 0.1) is 23.4 Å². The highest BCUT2D eigenvalue weighted by atomic mass is 16.6. The third kappa shape index (κ3) is 4.83. The number of nitrogens with one attached hydrogen (secondary N) is 1. The summed E-state index contributed by atoms with van der Waals surface area (Å²) < 4.78 is 1.89. The normalized spacial score (nSPS) is 11.0. The van der Waals surface area contributed by atoms with Crippen LogP contribution in [0.5, 0.6) is 5.75 Å². The number of carbonyl (C=O) groups excluding carboxylic acids is 1. The smallest absolute Gasteiger partial charge is 0.271 e. The van der Waals surface area contributed by atoms with Crippen molar-refractivity contribution in [3.8, 4) is 5.75 Å². The number of hydrogen-bond acceptors (Lipinski definition) is 6. The second-order valence-electron chi connectivity index (χ2n) is 6.48. The van der Waals surface area contributed by atoms with E-state index in [0.717, 1.165) is 23.2 Å². The van der Waals surface area contributed by atoms with Crippen LogP contribution in [0.3, 0.4) is 0 Å². The molecule has 148 valence electrons. The molecule has 0 saturated heterocycles. The summed E-state index contributed by atoms with van der Waals surface area (Å²) in [5.74, 6) is -0.620. The average molecular weight is 393 g/mol. The Hall–Kier alpha value is -4.01. The zero-order chi connectivity index (χ0) is 21.0. The predicted molar refractivity (Wildman–Crippen MR) is 107 cm³/mol. The molecule has 2 aromatic carbocycles. The Balaban J connectivity index is 1.64. The van der Waals surface area contributed by atoms with E-state index in [2.05, 4.69) is 15.6 Å². The molecule has 0 saturated carbocycles. The van der Waals surface area contributed by atoms with Crippen molar-refractivity contribution in [2.24, 2.45) is 5.10 Å². The van der Waals surface area contributed by atoms with Gasteiger partial charge in [0.1, 0.15) is 5.75 Å². The van der Waals surface area contributed by atoms with E-state index in [0.29, 0.717) is 12.1 Å². The Bertz CT molecular complexity index is 1090. The van der Waals surface area contributed by atoms with Gasteiger partial charge in [-0.15, -0.1) is 0 Å². The number of nitro benzene ring substituents is 1. The van der Waals surface area contributed by atoms with Gasteiger partial charge in [-0.2, -0.15) is 10.2 Å². The van der Waals surface area contributed by atoms with Crippen LogP contribution in [0.2, 0.25) is 0 Å². The monoisotopic (exact) mass is 393 g/mol. The molecular formula is C20H19N5O4. The third-order valence-corrected chi connectivity index (χ3v) is 4.24. The van der Waals surface area contributed by atoms with Crippen molar-refractivity contribution < 1.29 is 14.8 Å². The van der Waals surface area contributed by atoms with Gasteiger partial charge in [-0.05, 0) is 43.7 Å². The quantitative estimate of drug-likeness (QED) is 0.379. The minimum absolute atomic E-state index is 0.125. The molecule has 9 heteroatoms. The van der Waals surface area contributed by atoms with Crippen LogP contribution in [0.1, 0.15) is 32.9 Å². The van der Waals surface area contributed by atoms with Gasteiger partial charge >= 0.3 is 0 Å². The number of hydrogen-bond donors (Lipinski definition) is 2. The topological polar surface area (TPSA) is 123 Å². The van der Waals surface area contributed by atoms with Crippen LogP contribution in [0.25, 0.3) is 0 Å². The molecule has 29 heavy (non-hydrogen) atoms. The third-order valence-electron chi connectivity index (χ3n) is 4.24. The van der Waals surface area contributed by atoms with Crippen LogP contribution < -0.4 is 5.43 Å². The van der Waals surface area contributed by atoms with Gasteiger partial charge in [0.25, 0.3) is 11.6 Å². The number of carbonyl (C=O) groups is 1. The van der Waals surface area contributed by atoms with Gasteiger partial charge in [0, 0.05) is 29.0 Å². The van der Waals surface area contributed by atoms with Crippen LogP contribution in [0.15, 0.2) is 53.6 Å². The number of non-ortho nitro benzene ring substituents is 1. The molecule has 0 aliphatic heterocycles. The Morgan fingerprint density at radius 3 is 2.59 bits per heavy atom. The van der Waals surface area contributed by atoms with E-state index in [-0.39, 0.29) is 17.0 Å². The summed E-state index contributed by atoms with van der Waals surface area (Å²) in [4.78, 5) is 22.4. The molecule has 0 spiro atoms. The molecule has 0 aliphatic rings. The molecule has 3 aromatic rings. The Morgan fingerprint density at radius 2 is 1.97 bits per heavy atom. The lowest BCUT2D eigenvalue weighted by atomic mass is 10.1. The van der Waals surface area contributed by atoms with Gasteiger partial charge in [-0.3, -0.25) is 19.6 Å². The fourth-order valence-electron chi connectivity index (χ4n) is 2.75. The summed E-state index contributed by atoms with van der Waals surface area (Å²) in [6, 6.07) is 12.6. The maximum absolute atomic E-state index is 12.2. The molecule has 1 aromatic heterocycles.